The Bertz CT molecular complexity index is 667. The van der Waals surface area contributed by atoms with Crippen LogP contribution in [0, 0.1) is 6.92 Å². The quantitative estimate of drug-likeness (QED) is 0.617. The van der Waals surface area contributed by atoms with E-state index >= 15 is 0 Å². The van der Waals surface area contributed by atoms with E-state index in [9.17, 15) is 9.59 Å². The molecule has 0 saturated heterocycles. The Balaban J connectivity index is 2.81. The second-order valence-electron chi connectivity index (χ2n) is 4.07. The normalized spacial score (nSPS) is 10.6. The topological polar surface area (TPSA) is 56.5 Å². The molecule has 0 aliphatic rings. The molecule has 2 aromatic rings. The van der Waals surface area contributed by atoms with E-state index in [1.54, 1.807) is 19.1 Å². The van der Waals surface area contributed by atoms with Crippen molar-refractivity contribution in [2.75, 3.05) is 7.11 Å². The van der Waals surface area contributed by atoms with Gasteiger partial charge in [0.1, 0.15) is 11.3 Å². The van der Waals surface area contributed by atoms with E-state index in [4.69, 9.17) is 9.15 Å². The van der Waals surface area contributed by atoms with Crippen LogP contribution in [0.2, 0.25) is 0 Å². The summed E-state index contributed by atoms with van der Waals surface area (Å²) in [7, 11) is 1.49. The molecule has 0 spiro atoms. The molecule has 0 radical (unpaired) electrons. The molecule has 0 aliphatic carbocycles. The SMILES string of the molecule is CCC(=O)c1cc2c(C)cc(=O)oc2cc1OC. The van der Waals surface area contributed by atoms with Gasteiger partial charge < -0.3 is 9.15 Å². The maximum absolute atomic E-state index is 11.8. The lowest BCUT2D eigenvalue weighted by Gasteiger charge is -2.09. The van der Waals surface area contributed by atoms with Gasteiger partial charge in [0.2, 0.25) is 0 Å². The van der Waals surface area contributed by atoms with Crippen molar-refractivity contribution in [1.82, 2.24) is 0 Å². The fourth-order valence-electron chi connectivity index (χ4n) is 1.92. The predicted molar refractivity (Wildman–Crippen MR) is 68.4 cm³/mol. The zero-order valence-electron chi connectivity index (χ0n) is 10.6. The maximum atomic E-state index is 11.8. The number of hydrogen-bond donors (Lipinski definition) is 0. The van der Waals surface area contributed by atoms with Crippen molar-refractivity contribution in [2.24, 2.45) is 0 Å². The lowest BCUT2D eigenvalue weighted by molar-refractivity contribution is 0.0985. The number of Topliss-reactive ketones (excluding diaryl/α,β-unsaturated/α-hetero) is 1. The van der Waals surface area contributed by atoms with Crippen LogP contribution in [0.5, 0.6) is 5.75 Å². The average Bonchev–Trinajstić information content (AvgIpc) is 2.36. The van der Waals surface area contributed by atoms with Gasteiger partial charge in [0.25, 0.3) is 0 Å². The lowest BCUT2D eigenvalue weighted by atomic mass is 10.0. The Hall–Kier alpha value is -2.10. The number of benzene rings is 1. The molecule has 94 valence electrons. The van der Waals surface area contributed by atoms with Crippen LogP contribution in [-0.4, -0.2) is 12.9 Å². The summed E-state index contributed by atoms with van der Waals surface area (Å²) in [6.45, 7) is 3.61. The van der Waals surface area contributed by atoms with E-state index < -0.39 is 5.63 Å². The summed E-state index contributed by atoms with van der Waals surface area (Å²) >= 11 is 0. The van der Waals surface area contributed by atoms with Crippen LogP contribution in [0.3, 0.4) is 0 Å². The van der Waals surface area contributed by atoms with E-state index in [1.165, 1.54) is 13.2 Å². The number of methoxy groups -OCH3 is 1. The smallest absolute Gasteiger partial charge is 0.336 e. The summed E-state index contributed by atoms with van der Waals surface area (Å²) in [5.41, 5.74) is 1.33. The van der Waals surface area contributed by atoms with Gasteiger partial charge in [0.15, 0.2) is 5.78 Å². The number of ether oxygens (including phenoxy) is 1. The summed E-state index contributed by atoms with van der Waals surface area (Å²) in [4.78, 5) is 23.1. The summed E-state index contributed by atoms with van der Waals surface area (Å²) in [5, 5.41) is 0.757. The first kappa shape index (κ1) is 12.4. The van der Waals surface area contributed by atoms with Gasteiger partial charge in [0, 0.05) is 23.9 Å². The molecule has 0 saturated carbocycles. The molecule has 0 atom stereocenters. The Kier molecular flexibility index (Phi) is 3.19. The van der Waals surface area contributed by atoms with Crippen molar-refractivity contribution >= 4 is 16.8 Å². The van der Waals surface area contributed by atoms with Crippen molar-refractivity contribution in [1.29, 1.82) is 0 Å². The molecular weight excluding hydrogens is 232 g/mol. The van der Waals surface area contributed by atoms with Gasteiger partial charge in [-0.05, 0) is 18.6 Å². The number of aryl methyl sites for hydroxylation is 1. The van der Waals surface area contributed by atoms with Gasteiger partial charge in [0.05, 0.1) is 12.7 Å². The molecule has 18 heavy (non-hydrogen) atoms. The number of carbonyl (C=O) groups excluding carboxylic acids is 1. The first-order valence-corrected chi connectivity index (χ1v) is 5.72. The van der Waals surface area contributed by atoms with Gasteiger partial charge in [-0.25, -0.2) is 4.79 Å². The molecule has 4 nitrogen and oxygen atoms in total. The molecule has 0 fully saturated rings. The third kappa shape index (κ3) is 2.01. The highest BCUT2D eigenvalue weighted by Gasteiger charge is 2.14. The van der Waals surface area contributed by atoms with Gasteiger partial charge in [-0.2, -0.15) is 0 Å². The Morgan fingerprint density at radius 2 is 2.06 bits per heavy atom. The average molecular weight is 246 g/mol. The van der Waals surface area contributed by atoms with Gasteiger partial charge in [-0.15, -0.1) is 0 Å². The van der Waals surface area contributed by atoms with Crippen molar-refractivity contribution in [3.63, 3.8) is 0 Å². The van der Waals surface area contributed by atoms with E-state index in [-0.39, 0.29) is 5.78 Å². The summed E-state index contributed by atoms with van der Waals surface area (Å²) < 4.78 is 10.3. The highest BCUT2D eigenvalue weighted by molar-refractivity contribution is 6.02. The van der Waals surface area contributed by atoms with Crippen LogP contribution in [0.4, 0.5) is 0 Å². The molecule has 1 heterocycles. The standard InChI is InChI=1S/C14H14O4/c1-4-11(15)10-6-9-8(2)5-14(16)18-13(9)7-12(10)17-3/h5-7H,4H2,1-3H3. The number of carbonyl (C=O) groups is 1. The van der Waals surface area contributed by atoms with Crippen LogP contribution in [0.25, 0.3) is 11.0 Å². The van der Waals surface area contributed by atoms with Crippen LogP contribution >= 0.6 is 0 Å². The van der Waals surface area contributed by atoms with Gasteiger partial charge >= 0.3 is 5.63 Å². The second-order valence-corrected chi connectivity index (χ2v) is 4.07. The van der Waals surface area contributed by atoms with Crippen LogP contribution < -0.4 is 10.4 Å². The zero-order valence-corrected chi connectivity index (χ0v) is 10.6. The molecule has 2 rings (SSSR count). The number of ketones is 1. The van der Waals surface area contributed by atoms with Gasteiger partial charge in [-0.3, -0.25) is 4.79 Å². The third-order valence-corrected chi connectivity index (χ3v) is 2.89. The largest absolute Gasteiger partial charge is 0.496 e. The first-order chi connectivity index (χ1) is 8.56. The first-order valence-electron chi connectivity index (χ1n) is 5.72. The van der Waals surface area contributed by atoms with E-state index in [0.29, 0.717) is 23.3 Å². The second kappa shape index (κ2) is 4.64. The Morgan fingerprint density at radius 3 is 2.67 bits per heavy atom. The molecule has 1 aromatic heterocycles. The predicted octanol–water partition coefficient (Wildman–Crippen LogP) is 2.70. The van der Waals surface area contributed by atoms with E-state index in [0.717, 1.165) is 10.9 Å². The van der Waals surface area contributed by atoms with Crippen LogP contribution in [0.1, 0.15) is 29.3 Å². The summed E-state index contributed by atoms with van der Waals surface area (Å²) in [6, 6.07) is 4.72. The van der Waals surface area contributed by atoms with Crippen molar-refractivity contribution in [3.05, 3.63) is 39.7 Å². The van der Waals surface area contributed by atoms with Crippen molar-refractivity contribution in [2.45, 2.75) is 20.3 Å². The van der Waals surface area contributed by atoms with Crippen molar-refractivity contribution in [3.8, 4) is 5.75 Å². The van der Waals surface area contributed by atoms with Crippen LogP contribution in [-0.2, 0) is 0 Å². The third-order valence-electron chi connectivity index (χ3n) is 2.89. The minimum absolute atomic E-state index is 0.000602. The molecule has 0 aliphatic heterocycles. The van der Waals surface area contributed by atoms with E-state index in [2.05, 4.69) is 0 Å². The lowest BCUT2D eigenvalue weighted by Crippen LogP contribution is -2.03. The molecule has 0 bridgehead atoms. The molecular formula is C14H14O4. The van der Waals surface area contributed by atoms with E-state index in [1.807, 2.05) is 6.92 Å². The zero-order chi connectivity index (χ0) is 13.3. The van der Waals surface area contributed by atoms with Gasteiger partial charge in [-0.1, -0.05) is 6.92 Å². The Labute approximate surface area is 104 Å². The fraction of sp³-hybridized carbons (Fsp3) is 0.286. The number of hydrogen-bond acceptors (Lipinski definition) is 4. The summed E-state index contributed by atoms with van der Waals surface area (Å²) in [6.07, 6.45) is 0.400. The highest BCUT2D eigenvalue weighted by atomic mass is 16.5. The fourth-order valence-corrected chi connectivity index (χ4v) is 1.92. The number of fused-ring (bicyclic) bond motifs is 1. The molecule has 4 heteroatoms. The number of rotatable bonds is 3. The molecule has 1 aromatic carbocycles. The van der Waals surface area contributed by atoms with Crippen molar-refractivity contribution < 1.29 is 13.9 Å². The molecule has 0 unspecified atom stereocenters. The Morgan fingerprint density at radius 1 is 1.33 bits per heavy atom. The monoisotopic (exact) mass is 246 g/mol. The maximum Gasteiger partial charge on any atom is 0.336 e. The summed E-state index contributed by atoms with van der Waals surface area (Å²) in [5.74, 6) is 0.433. The minimum atomic E-state index is -0.406. The minimum Gasteiger partial charge on any atom is -0.496 e. The van der Waals surface area contributed by atoms with Crippen LogP contribution in [0.15, 0.2) is 27.4 Å². The molecule has 0 amide bonds. The molecule has 0 N–H and O–H groups in total. The highest BCUT2D eigenvalue weighted by Crippen LogP contribution is 2.27.